The minimum Gasteiger partial charge on any atom is -0.437 e. The Morgan fingerprint density at radius 2 is 1.93 bits per heavy atom. The fourth-order valence-electron chi connectivity index (χ4n) is 3.40. The molecular formula is C19H26Cl2N4O2. The smallest absolute Gasteiger partial charge is 0.238 e. The van der Waals surface area contributed by atoms with E-state index < -0.39 is 0 Å². The van der Waals surface area contributed by atoms with Crippen LogP contribution in [0.5, 0.6) is 11.6 Å². The Morgan fingerprint density at radius 3 is 2.59 bits per heavy atom. The average Bonchev–Trinajstić information content (AvgIpc) is 2.63. The largest absolute Gasteiger partial charge is 0.437 e. The number of carbonyl (C=O) groups excluding carboxylic acids is 1. The molecule has 0 radical (unpaired) electrons. The summed E-state index contributed by atoms with van der Waals surface area (Å²) in [6.45, 7) is 0.566. The number of hydrogen-bond acceptors (Lipinski definition) is 5. The number of halogens is 2. The maximum absolute atomic E-state index is 12.5. The van der Waals surface area contributed by atoms with Crippen LogP contribution >= 0.6 is 24.8 Å². The number of hydrogen-bond donors (Lipinski definition) is 2. The van der Waals surface area contributed by atoms with Gasteiger partial charge in [-0.2, -0.15) is 5.10 Å². The Balaban J connectivity index is 0.00000182. The monoisotopic (exact) mass is 412 g/mol. The van der Waals surface area contributed by atoms with Gasteiger partial charge in [0.05, 0.1) is 0 Å². The number of anilines is 1. The van der Waals surface area contributed by atoms with Crippen LogP contribution in [0.4, 0.5) is 5.69 Å². The SMILES string of the molecule is Cl.Cl.NCC1(CC(=O)Nc2cccc(Oc3cccnn3)c2)CCCCC1. The van der Waals surface area contributed by atoms with Crippen LogP contribution in [0.3, 0.4) is 0 Å². The van der Waals surface area contributed by atoms with Gasteiger partial charge in [-0.1, -0.05) is 25.3 Å². The minimum absolute atomic E-state index is 0. The first kappa shape index (κ1) is 23.1. The van der Waals surface area contributed by atoms with E-state index in [-0.39, 0.29) is 36.1 Å². The molecule has 2 aromatic rings. The number of nitrogens with zero attached hydrogens (tertiary/aromatic N) is 2. The van der Waals surface area contributed by atoms with E-state index in [1.54, 1.807) is 24.4 Å². The molecule has 1 aliphatic carbocycles. The van der Waals surface area contributed by atoms with E-state index in [9.17, 15) is 4.79 Å². The van der Waals surface area contributed by atoms with Gasteiger partial charge < -0.3 is 15.8 Å². The molecule has 0 bridgehead atoms. The second kappa shape index (κ2) is 11.1. The number of rotatable bonds is 6. The quantitative estimate of drug-likeness (QED) is 0.735. The third kappa shape index (κ3) is 6.65. The highest BCUT2D eigenvalue weighted by Gasteiger charge is 2.32. The number of ether oxygens (including phenoxy) is 1. The predicted molar refractivity (Wildman–Crippen MR) is 111 cm³/mol. The summed E-state index contributed by atoms with van der Waals surface area (Å²) in [5.74, 6) is 1.02. The Hall–Kier alpha value is -1.89. The van der Waals surface area contributed by atoms with Gasteiger partial charge in [-0.3, -0.25) is 4.79 Å². The minimum atomic E-state index is -0.0456. The maximum atomic E-state index is 12.5. The van der Waals surface area contributed by atoms with Crippen molar-refractivity contribution >= 4 is 36.4 Å². The van der Waals surface area contributed by atoms with Crippen LogP contribution in [0.2, 0.25) is 0 Å². The molecule has 1 aromatic carbocycles. The van der Waals surface area contributed by atoms with Gasteiger partial charge in [-0.05, 0) is 43.0 Å². The molecule has 27 heavy (non-hydrogen) atoms. The zero-order chi connectivity index (χ0) is 17.5. The number of nitrogens with one attached hydrogen (secondary N) is 1. The van der Waals surface area contributed by atoms with Crippen LogP contribution in [0.1, 0.15) is 38.5 Å². The molecule has 148 valence electrons. The van der Waals surface area contributed by atoms with Gasteiger partial charge in [0.2, 0.25) is 11.8 Å². The first-order valence-corrected chi connectivity index (χ1v) is 8.75. The molecule has 0 atom stereocenters. The Morgan fingerprint density at radius 1 is 1.15 bits per heavy atom. The highest BCUT2D eigenvalue weighted by molar-refractivity contribution is 5.91. The van der Waals surface area contributed by atoms with Crippen LogP contribution in [-0.4, -0.2) is 22.6 Å². The zero-order valence-electron chi connectivity index (χ0n) is 15.1. The van der Waals surface area contributed by atoms with Gasteiger partial charge >= 0.3 is 0 Å². The van der Waals surface area contributed by atoms with Crippen LogP contribution in [0.15, 0.2) is 42.6 Å². The number of benzene rings is 1. The molecule has 1 fully saturated rings. The van der Waals surface area contributed by atoms with Gasteiger partial charge in [0, 0.05) is 30.4 Å². The van der Waals surface area contributed by atoms with Crippen molar-refractivity contribution in [2.75, 3.05) is 11.9 Å². The molecule has 0 unspecified atom stereocenters. The Bertz CT molecular complexity index is 710. The second-order valence-corrected chi connectivity index (χ2v) is 6.68. The summed E-state index contributed by atoms with van der Waals surface area (Å²) in [7, 11) is 0. The van der Waals surface area contributed by atoms with E-state index in [1.807, 2.05) is 18.2 Å². The van der Waals surface area contributed by atoms with E-state index in [0.717, 1.165) is 25.7 Å². The summed E-state index contributed by atoms with van der Waals surface area (Å²) in [6.07, 6.45) is 7.68. The Labute approximate surface area is 172 Å². The van der Waals surface area contributed by atoms with Crippen molar-refractivity contribution in [1.29, 1.82) is 0 Å². The highest BCUT2D eigenvalue weighted by Crippen LogP contribution is 2.38. The lowest BCUT2D eigenvalue weighted by Crippen LogP contribution is -2.36. The van der Waals surface area contributed by atoms with Crippen LogP contribution in [0, 0.1) is 5.41 Å². The predicted octanol–water partition coefficient (Wildman–Crippen LogP) is 4.35. The Kier molecular flexibility index (Phi) is 9.49. The van der Waals surface area contributed by atoms with Gasteiger partial charge in [0.1, 0.15) is 5.75 Å². The van der Waals surface area contributed by atoms with Gasteiger partial charge in [-0.25, -0.2) is 0 Å². The van der Waals surface area contributed by atoms with Gasteiger partial charge in [-0.15, -0.1) is 29.9 Å². The lowest BCUT2D eigenvalue weighted by molar-refractivity contribution is -0.118. The molecule has 3 N–H and O–H groups in total. The summed E-state index contributed by atoms with van der Waals surface area (Å²) in [5, 5.41) is 10.6. The zero-order valence-corrected chi connectivity index (χ0v) is 16.7. The summed E-state index contributed by atoms with van der Waals surface area (Å²) in [6, 6.07) is 10.8. The van der Waals surface area contributed by atoms with Crippen molar-refractivity contribution < 1.29 is 9.53 Å². The molecule has 0 aliphatic heterocycles. The van der Waals surface area contributed by atoms with Crippen LogP contribution in [-0.2, 0) is 4.79 Å². The summed E-state index contributed by atoms with van der Waals surface area (Å²) in [4.78, 5) is 12.5. The first-order chi connectivity index (χ1) is 12.2. The average molecular weight is 413 g/mol. The normalized spacial score (nSPS) is 15.0. The van der Waals surface area contributed by atoms with Gasteiger partial charge in [0.25, 0.3) is 0 Å². The first-order valence-electron chi connectivity index (χ1n) is 8.75. The fourth-order valence-corrected chi connectivity index (χ4v) is 3.40. The molecule has 1 saturated carbocycles. The van der Waals surface area contributed by atoms with Crippen molar-refractivity contribution in [3.8, 4) is 11.6 Å². The summed E-state index contributed by atoms with van der Waals surface area (Å²) >= 11 is 0. The molecule has 0 saturated heterocycles. The molecule has 1 amide bonds. The fraction of sp³-hybridized carbons (Fsp3) is 0.421. The van der Waals surface area contributed by atoms with Crippen LogP contribution in [0.25, 0.3) is 0 Å². The number of amides is 1. The van der Waals surface area contributed by atoms with Crippen molar-refractivity contribution in [3.05, 3.63) is 42.6 Å². The molecule has 6 nitrogen and oxygen atoms in total. The summed E-state index contributed by atoms with van der Waals surface area (Å²) in [5.41, 5.74) is 6.63. The lowest BCUT2D eigenvalue weighted by Gasteiger charge is -2.35. The van der Waals surface area contributed by atoms with E-state index in [2.05, 4.69) is 15.5 Å². The standard InChI is InChI=1S/C19H24N4O2.2ClH/c20-14-19(9-2-1-3-10-19)13-17(24)22-15-6-4-7-16(12-15)25-18-8-5-11-21-23-18;;/h4-8,11-12H,1-3,9-10,13-14,20H2,(H,22,24);2*1H. The van der Waals surface area contributed by atoms with Gasteiger partial charge in [0.15, 0.2) is 0 Å². The third-order valence-corrected chi connectivity index (χ3v) is 4.77. The van der Waals surface area contributed by atoms with E-state index in [1.165, 1.54) is 6.42 Å². The van der Waals surface area contributed by atoms with E-state index >= 15 is 0 Å². The van der Waals surface area contributed by atoms with Crippen molar-refractivity contribution in [3.63, 3.8) is 0 Å². The number of aromatic nitrogens is 2. The number of nitrogens with two attached hydrogens (primary N) is 1. The molecule has 3 rings (SSSR count). The summed E-state index contributed by atoms with van der Waals surface area (Å²) < 4.78 is 5.65. The van der Waals surface area contributed by atoms with E-state index in [0.29, 0.717) is 30.3 Å². The van der Waals surface area contributed by atoms with Crippen molar-refractivity contribution in [2.45, 2.75) is 38.5 Å². The molecule has 1 heterocycles. The van der Waals surface area contributed by atoms with E-state index in [4.69, 9.17) is 10.5 Å². The van der Waals surface area contributed by atoms with Crippen molar-refractivity contribution in [1.82, 2.24) is 10.2 Å². The number of carbonyl (C=O) groups is 1. The third-order valence-electron chi connectivity index (χ3n) is 4.77. The maximum Gasteiger partial charge on any atom is 0.238 e. The highest BCUT2D eigenvalue weighted by atomic mass is 35.5. The topological polar surface area (TPSA) is 90.1 Å². The second-order valence-electron chi connectivity index (χ2n) is 6.68. The van der Waals surface area contributed by atoms with Crippen LogP contribution < -0.4 is 15.8 Å². The molecule has 1 aliphatic rings. The molecule has 1 aromatic heterocycles. The molecular weight excluding hydrogens is 387 g/mol. The molecule has 8 heteroatoms. The van der Waals surface area contributed by atoms with Crippen molar-refractivity contribution in [2.24, 2.45) is 11.1 Å². The molecule has 0 spiro atoms. The lowest BCUT2D eigenvalue weighted by atomic mass is 9.71.